The fourth-order valence-electron chi connectivity index (χ4n) is 3.97. The zero-order valence-electron chi connectivity index (χ0n) is 15.0. The molecule has 1 saturated carbocycles. The van der Waals surface area contributed by atoms with Crippen LogP contribution in [0.2, 0.25) is 0 Å². The van der Waals surface area contributed by atoms with E-state index >= 15 is 0 Å². The third-order valence-corrected chi connectivity index (χ3v) is 5.50. The topological polar surface area (TPSA) is 42.0 Å². The summed E-state index contributed by atoms with van der Waals surface area (Å²) in [5.74, 6) is 1.17. The highest BCUT2D eigenvalue weighted by Crippen LogP contribution is 2.43. The van der Waals surface area contributed by atoms with E-state index in [1.54, 1.807) is 14.2 Å². The molecule has 0 unspecified atom stereocenters. The third kappa shape index (κ3) is 2.97. The minimum atomic E-state index is -0.268. The Morgan fingerprint density at radius 2 is 2.00 bits per heavy atom. The monoisotopic (exact) mass is 332 g/mol. The molecule has 0 N–H and O–H groups in total. The Labute approximate surface area is 144 Å². The predicted molar refractivity (Wildman–Crippen MR) is 94.5 cm³/mol. The molecular formula is C19H28N2O3. The summed E-state index contributed by atoms with van der Waals surface area (Å²) < 4.78 is 10.8. The first-order valence-corrected chi connectivity index (χ1v) is 8.79. The Bertz CT molecular complexity index is 586. The predicted octanol–water partition coefficient (Wildman–Crippen LogP) is 2.55. The standard InChI is InChI=1S/C19H28N2O3/c1-15-13-20(16-7-4-5-8-17(16)24-3)11-12-21(15)18(22)19(14-23-2)9-6-10-19/h4-5,7-8,15H,6,9-14H2,1-3H3/t15-/m1/s1. The number of nitrogens with zero attached hydrogens (tertiary/aromatic N) is 2. The molecule has 0 radical (unpaired) electrons. The molecule has 2 aliphatic rings. The van der Waals surface area contributed by atoms with Crippen LogP contribution in [0.4, 0.5) is 5.69 Å². The van der Waals surface area contributed by atoms with Crippen molar-refractivity contribution in [2.45, 2.75) is 32.2 Å². The van der Waals surface area contributed by atoms with Crippen molar-refractivity contribution < 1.29 is 14.3 Å². The summed E-state index contributed by atoms with van der Waals surface area (Å²) >= 11 is 0. The molecule has 1 saturated heterocycles. The molecule has 0 aromatic heterocycles. The van der Waals surface area contributed by atoms with E-state index < -0.39 is 0 Å². The van der Waals surface area contributed by atoms with Gasteiger partial charge in [0.05, 0.1) is 24.8 Å². The number of methoxy groups -OCH3 is 2. The number of amides is 1. The van der Waals surface area contributed by atoms with E-state index in [1.165, 1.54) is 0 Å². The summed E-state index contributed by atoms with van der Waals surface area (Å²) in [4.78, 5) is 17.4. The lowest BCUT2D eigenvalue weighted by atomic mass is 9.68. The minimum absolute atomic E-state index is 0.186. The van der Waals surface area contributed by atoms with E-state index in [1.807, 2.05) is 18.2 Å². The SMILES string of the molecule is COCC1(C(=O)N2CCN(c3ccccc3OC)C[C@H]2C)CCC1. The summed E-state index contributed by atoms with van der Waals surface area (Å²) in [5.41, 5.74) is 0.838. The van der Waals surface area contributed by atoms with Crippen molar-refractivity contribution in [2.24, 2.45) is 5.41 Å². The van der Waals surface area contributed by atoms with Crippen LogP contribution in [0, 0.1) is 5.41 Å². The molecule has 3 rings (SSSR count). The Morgan fingerprint density at radius 3 is 2.58 bits per heavy atom. The van der Waals surface area contributed by atoms with Crippen LogP contribution in [-0.2, 0) is 9.53 Å². The molecule has 1 aromatic carbocycles. The lowest BCUT2D eigenvalue weighted by Gasteiger charge is -2.48. The van der Waals surface area contributed by atoms with Crippen LogP contribution in [0.1, 0.15) is 26.2 Å². The molecule has 0 spiro atoms. The van der Waals surface area contributed by atoms with E-state index in [-0.39, 0.29) is 17.4 Å². The van der Waals surface area contributed by atoms with Gasteiger partial charge in [-0.1, -0.05) is 18.6 Å². The van der Waals surface area contributed by atoms with Crippen LogP contribution in [0.5, 0.6) is 5.75 Å². The number of benzene rings is 1. The first-order valence-electron chi connectivity index (χ1n) is 8.79. The van der Waals surface area contributed by atoms with Gasteiger partial charge in [-0.05, 0) is 31.9 Å². The average Bonchev–Trinajstić information content (AvgIpc) is 2.57. The summed E-state index contributed by atoms with van der Waals surface area (Å²) in [7, 11) is 3.39. The second-order valence-corrected chi connectivity index (χ2v) is 7.03. The largest absolute Gasteiger partial charge is 0.495 e. The van der Waals surface area contributed by atoms with Gasteiger partial charge < -0.3 is 19.3 Å². The number of hydrogen-bond donors (Lipinski definition) is 0. The number of hydrogen-bond acceptors (Lipinski definition) is 4. The van der Waals surface area contributed by atoms with E-state index in [2.05, 4.69) is 22.8 Å². The molecule has 0 bridgehead atoms. The van der Waals surface area contributed by atoms with Crippen molar-refractivity contribution in [1.82, 2.24) is 4.90 Å². The maximum atomic E-state index is 13.1. The van der Waals surface area contributed by atoms with Crippen molar-refractivity contribution in [2.75, 3.05) is 45.4 Å². The first kappa shape index (κ1) is 17.1. The van der Waals surface area contributed by atoms with E-state index in [0.717, 1.165) is 50.3 Å². The highest BCUT2D eigenvalue weighted by Gasteiger charge is 2.47. The lowest BCUT2D eigenvalue weighted by molar-refractivity contribution is -0.154. The number of rotatable bonds is 5. The molecule has 5 heteroatoms. The van der Waals surface area contributed by atoms with Gasteiger partial charge in [-0.3, -0.25) is 4.79 Å². The highest BCUT2D eigenvalue weighted by molar-refractivity contribution is 5.84. The van der Waals surface area contributed by atoms with Crippen molar-refractivity contribution in [3.63, 3.8) is 0 Å². The fourth-order valence-corrected chi connectivity index (χ4v) is 3.97. The molecule has 1 amide bonds. The maximum Gasteiger partial charge on any atom is 0.231 e. The molecule has 1 aromatic rings. The van der Waals surface area contributed by atoms with Gasteiger partial charge in [0.1, 0.15) is 5.75 Å². The Kier molecular flexibility index (Phi) is 4.99. The number of para-hydroxylation sites is 2. The zero-order chi connectivity index (χ0) is 17.2. The van der Waals surface area contributed by atoms with Gasteiger partial charge >= 0.3 is 0 Å². The number of carbonyl (C=O) groups excluding carboxylic acids is 1. The summed E-state index contributed by atoms with van der Waals surface area (Å²) in [6.07, 6.45) is 3.04. The lowest BCUT2D eigenvalue weighted by Crippen LogP contribution is -2.60. The highest BCUT2D eigenvalue weighted by atomic mass is 16.5. The van der Waals surface area contributed by atoms with Crippen LogP contribution < -0.4 is 9.64 Å². The van der Waals surface area contributed by atoms with E-state index in [9.17, 15) is 4.79 Å². The van der Waals surface area contributed by atoms with Gasteiger partial charge in [0.25, 0.3) is 0 Å². The van der Waals surface area contributed by atoms with E-state index in [0.29, 0.717) is 6.61 Å². The minimum Gasteiger partial charge on any atom is -0.495 e. The summed E-state index contributed by atoms with van der Waals surface area (Å²) in [6.45, 7) is 5.10. The molecule has 5 nitrogen and oxygen atoms in total. The number of anilines is 1. The van der Waals surface area contributed by atoms with Gasteiger partial charge in [-0.2, -0.15) is 0 Å². The molecule has 1 aliphatic carbocycles. The number of ether oxygens (including phenoxy) is 2. The Balaban J connectivity index is 1.70. The molecular weight excluding hydrogens is 304 g/mol. The normalized spacial score (nSPS) is 22.9. The quantitative estimate of drug-likeness (QED) is 0.831. The molecule has 2 fully saturated rings. The maximum absolute atomic E-state index is 13.1. The van der Waals surface area contributed by atoms with Gasteiger partial charge in [0, 0.05) is 32.8 Å². The van der Waals surface area contributed by atoms with Crippen molar-refractivity contribution in [1.29, 1.82) is 0 Å². The second kappa shape index (κ2) is 7.01. The van der Waals surface area contributed by atoms with Gasteiger partial charge in [0.2, 0.25) is 5.91 Å². The van der Waals surface area contributed by atoms with Crippen molar-refractivity contribution >= 4 is 11.6 Å². The Morgan fingerprint density at radius 1 is 1.25 bits per heavy atom. The smallest absolute Gasteiger partial charge is 0.231 e. The van der Waals surface area contributed by atoms with Gasteiger partial charge in [-0.15, -0.1) is 0 Å². The summed E-state index contributed by atoms with van der Waals surface area (Å²) in [6, 6.07) is 8.27. The van der Waals surface area contributed by atoms with Crippen molar-refractivity contribution in [3.05, 3.63) is 24.3 Å². The fraction of sp³-hybridized carbons (Fsp3) is 0.632. The third-order valence-electron chi connectivity index (χ3n) is 5.50. The molecule has 1 heterocycles. The van der Waals surface area contributed by atoms with Crippen LogP contribution >= 0.6 is 0 Å². The zero-order valence-corrected chi connectivity index (χ0v) is 15.0. The molecule has 132 valence electrons. The van der Waals surface area contributed by atoms with E-state index in [4.69, 9.17) is 9.47 Å². The first-order chi connectivity index (χ1) is 11.6. The van der Waals surface area contributed by atoms with Crippen LogP contribution in [-0.4, -0.2) is 57.3 Å². The van der Waals surface area contributed by atoms with Gasteiger partial charge in [0.15, 0.2) is 0 Å². The molecule has 24 heavy (non-hydrogen) atoms. The van der Waals surface area contributed by atoms with Crippen molar-refractivity contribution in [3.8, 4) is 5.75 Å². The average molecular weight is 332 g/mol. The molecule has 1 atom stereocenters. The van der Waals surface area contributed by atoms with Crippen LogP contribution in [0.25, 0.3) is 0 Å². The Hall–Kier alpha value is -1.75. The number of piperazine rings is 1. The van der Waals surface area contributed by atoms with Gasteiger partial charge in [-0.25, -0.2) is 0 Å². The summed E-state index contributed by atoms with van der Waals surface area (Å²) in [5, 5.41) is 0. The van der Waals surface area contributed by atoms with Crippen LogP contribution in [0.15, 0.2) is 24.3 Å². The number of carbonyl (C=O) groups is 1. The second-order valence-electron chi connectivity index (χ2n) is 7.03. The van der Waals surface area contributed by atoms with Crippen LogP contribution in [0.3, 0.4) is 0 Å². The molecule has 1 aliphatic heterocycles.